The topological polar surface area (TPSA) is 665 Å². The van der Waals surface area contributed by atoms with Crippen molar-refractivity contribution < 1.29 is 161 Å². The van der Waals surface area contributed by atoms with Crippen LogP contribution in [0.4, 0.5) is 0 Å². The van der Waals surface area contributed by atoms with Gasteiger partial charge in [0.1, 0.15) is 17.3 Å². The number of rotatable bonds is 79. The summed E-state index contributed by atoms with van der Waals surface area (Å²) in [7, 11) is 0. The Balaban J connectivity index is 0.0000209. The first-order chi connectivity index (χ1) is 65.1. The van der Waals surface area contributed by atoms with Crippen LogP contribution in [0, 0.1) is 23.7 Å². The molecule has 10 amide bonds. The summed E-state index contributed by atoms with van der Waals surface area (Å²) in [6.07, 6.45) is 5.12. The van der Waals surface area contributed by atoms with Crippen LogP contribution in [0.1, 0.15) is 281 Å². The number of carboxylic acid groups (broad SMARTS) is 6. The molecule has 1 heterocycles. The van der Waals surface area contributed by atoms with E-state index >= 15 is 0 Å². The second-order valence-electron chi connectivity index (χ2n) is 33.9. The van der Waals surface area contributed by atoms with E-state index in [0.717, 1.165) is 24.2 Å². The van der Waals surface area contributed by atoms with Crippen molar-refractivity contribution in [3.05, 3.63) is 71.8 Å². The van der Waals surface area contributed by atoms with Crippen LogP contribution in [0.5, 0.6) is 0 Å². The molecule has 3 rings (SSSR count). The number of nitrogens with zero attached hydrogens (tertiary/aromatic N) is 4. The minimum absolute atomic E-state index is 0.0142. The predicted molar refractivity (Wildman–Crippen MR) is 485 cm³/mol. The van der Waals surface area contributed by atoms with E-state index in [1.54, 1.807) is 60.7 Å². The molecular weight excluding hydrogens is 1820 g/mol. The summed E-state index contributed by atoms with van der Waals surface area (Å²) in [5.74, 6) is -25.6. The van der Waals surface area contributed by atoms with Crippen molar-refractivity contribution in [1.29, 1.82) is 0 Å². The normalized spacial score (nSPS) is 13.6. The Morgan fingerprint density at radius 3 is 1.29 bits per heavy atom. The molecule has 137 heavy (non-hydrogen) atoms. The maximum Gasteiger partial charge on any atom is 0.373 e. The Morgan fingerprint density at radius 1 is 0.387 bits per heavy atom. The number of nitrogens with one attached hydrogen (secondary N) is 5. The van der Waals surface area contributed by atoms with Gasteiger partial charge in [-0.3, -0.25) is 126 Å². The molecule has 43 heteroatoms. The highest BCUT2D eigenvalue weighted by Gasteiger charge is 2.42. The number of imide groups is 1. The molecule has 1 aliphatic rings. The van der Waals surface area contributed by atoms with Crippen LogP contribution in [0.3, 0.4) is 0 Å². The van der Waals surface area contributed by atoms with Gasteiger partial charge in [-0.25, -0.2) is 15.2 Å². The first kappa shape index (κ1) is 121. The van der Waals surface area contributed by atoms with Crippen LogP contribution < -0.4 is 26.6 Å². The molecule has 1 saturated heterocycles. The van der Waals surface area contributed by atoms with Gasteiger partial charge in [0.15, 0.2) is 17.3 Å². The first-order valence-corrected chi connectivity index (χ1v) is 47.6. The highest BCUT2D eigenvalue weighted by molar-refractivity contribution is 8.00. The molecule has 0 saturated carbocycles. The number of unbranched alkanes of at least 4 members (excludes halogenated alkanes) is 15. The lowest BCUT2D eigenvalue weighted by molar-refractivity contribution is -0.192. The van der Waals surface area contributed by atoms with Gasteiger partial charge in [-0.1, -0.05) is 125 Å². The number of carbonyl (C=O) groups is 22. The zero-order valence-corrected chi connectivity index (χ0v) is 78.6. The fraction of sp³-hybridized carbons (Fsp3) is 0.628. The molecule has 760 valence electrons. The molecule has 14 N–H and O–H groups in total. The Kier molecular flexibility index (Phi) is 62.1. The molecule has 1 aliphatic heterocycles. The number of Topliss-reactive ketones (excluding diaryl/α,β-unsaturated/α-hetero) is 6. The molecule has 42 nitrogen and oxygen atoms in total. The zero-order chi connectivity index (χ0) is 102. The largest absolute Gasteiger partial charge is 0.481 e. The second kappa shape index (κ2) is 70.4. The Morgan fingerprint density at radius 2 is 0.796 bits per heavy atom. The van der Waals surface area contributed by atoms with Crippen LogP contribution in [0.15, 0.2) is 60.7 Å². The lowest BCUT2D eigenvalue weighted by Gasteiger charge is -2.25. The van der Waals surface area contributed by atoms with E-state index < -0.39 is 210 Å². The van der Waals surface area contributed by atoms with Crippen molar-refractivity contribution in [2.75, 3.05) is 45.0 Å². The average Bonchev–Trinajstić information content (AvgIpc) is 1.71. The summed E-state index contributed by atoms with van der Waals surface area (Å²) >= 11 is 0.687. The van der Waals surface area contributed by atoms with Crippen molar-refractivity contribution in [3.8, 4) is 0 Å². The number of hydroxylamine groups is 6. The number of thioether (sulfide) groups is 1. The minimum atomic E-state index is -2.07. The van der Waals surface area contributed by atoms with Gasteiger partial charge in [0, 0.05) is 161 Å². The Bertz CT molecular complexity index is 4320. The zero-order valence-electron chi connectivity index (χ0n) is 77.8. The Labute approximate surface area is 798 Å². The average molecular weight is 1950 g/mol. The van der Waals surface area contributed by atoms with Gasteiger partial charge < -0.3 is 57.2 Å². The number of ketones is 6. The van der Waals surface area contributed by atoms with Crippen molar-refractivity contribution in [2.24, 2.45) is 23.7 Å². The maximum absolute atomic E-state index is 14.6. The fourth-order valence-electron chi connectivity index (χ4n) is 14.8. The number of likely N-dealkylation sites (tertiary alicyclic amines) is 1. The summed E-state index contributed by atoms with van der Waals surface area (Å²) in [6, 6.07) is 11.6. The number of hydrogen-bond acceptors (Lipinski definition) is 28. The number of carboxylic acids is 6. The van der Waals surface area contributed by atoms with Gasteiger partial charge in [-0.2, -0.15) is 9.59 Å². The molecule has 1 fully saturated rings. The molecule has 0 bridgehead atoms. The van der Waals surface area contributed by atoms with E-state index in [4.69, 9.17) is 14.7 Å². The van der Waals surface area contributed by atoms with E-state index in [0.29, 0.717) is 160 Å². The van der Waals surface area contributed by atoms with E-state index in [1.165, 1.54) is 6.92 Å². The minimum Gasteiger partial charge on any atom is -0.481 e. The van der Waals surface area contributed by atoms with Crippen LogP contribution in [-0.2, 0) is 128 Å². The highest BCUT2D eigenvalue weighted by atomic mass is 32.2. The van der Waals surface area contributed by atoms with Crippen molar-refractivity contribution in [3.63, 3.8) is 0 Å². The van der Waals surface area contributed by atoms with Gasteiger partial charge in [0.2, 0.25) is 59.1 Å². The predicted octanol–water partition coefficient (Wildman–Crippen LogP) is 7.10. The molecule has 0 aromatic heterocycles. The van der Waals surface area contributed by atoms with Gasteiger partial charge >= 0.3 is 42.0 Å². The second-order valence-corrected chi connectivity index (χ2v) is 35.2. The molecule has 1 unspecified atom stereocenters. The first-order valence-electron chi connectivity index (χ1n) is 46.5. The van der Waals surface area contributed by atoms with Gasteiger partial charge in [-0.05, 0) is 101 Å². The van der Waals surface area contributed by atoms with Crippen LogP contribution in [0.2, 0.25) is 0 Å². The molecular formula is C94H135N9O33S. The fourth-order valence-corrected chi connectivity index (χ4v) is 16.1. The van der Waals surface area contributed by atoms with E-state index in [1.807, 2.05) is 0 Å². The maximum atomic E-state index is 14.6. The summed E-state index contributed by atoms with van der Waals surface area (Å²) in [6.45, 7) is 1.50. The summed E-state index contributed by atoms with van der Waals surface area (Å²) in [5.41, 5.74) is 1.16. The van der Waals surface area contributed by atoms with Crippen LogP contribution >= 0.6 is 11.8 Å². The standard InChI is InChI=1S/C93H135N9O31S.CO2/c1-62(103)100(131)47-25-8-6-20-36-70(105)40-42-82(113)101(132)49-27-13-24-45-94-79(110)41-43-83(114)102(133)48-26-9-7-21-37-71(106)44-50-99-84(115)60-78(91(99)126)134-61-68(93(129)130)55-77(109)74(59-88(122)123)98-90(125)67(57-86(118)119)54-76(108)73(58-87(120)121)97-89(124)66(51-63-29-14-10-15-30-63)53-75(107)72(52-64-31-16-11-17-32-64)96-80(111)38-23-5-3-2-4-19-34-69(104)35-22-12-18-33-65(92(127)128)56-81(112)95-46-28-39-85(116)117;2-1-3/h10-11,14-17,29-32,65-68,72-74,78,131-133H,2-9,12-13,18-28,33-61H2,1H3,(H,94,110)(H,95,112)(H,96,111)(H,97,124)(H,98,125)(H,116,117)(H,118,119)(H,120,121)(H,122,123)(H,127,128)(H,129,130);/t65-,66-,67+,68+,72+,73+,74+,78?;/m1./s1. The number of hydrogen-bond donors (Lipinski definition) is 14. The molecule has 0 spiro atoms. The third-order valence-electron chi connectivity index (χ3n) is 22.6. The van der Waals surface area contributed by atoms with Crippen LogP contribution in [0.25, 0.3) is 0 Å². The van der Waals surface area contributed by atoms with E-state index in [2.05, 4.69) is 26.6 Å². The molecule has 2 aromatic rings. The van der Waals surface area contributed by atoms with E-state index in [-0.39, 0.29) is 153 Å². The quantitative estimate of drug-likeness (QED) is 0.0136. The molecule has 2 aromatic carbocycles. The number of aliphatic carboxylic acids is 6. The van der Waals surface area contributed by atoms with E-state index in [9.17, 15) is 147 Å². The molecule has 8 atom stereocenters. The van der Waals surface area contributed by atoms with Crippen molar-refractivity contribution in [2.45, 2.75) is 306 Å². The monoisotopic (exact) mass is 1950 g/mol. The molecule has 0 aliphatic carbocycles. The summed E-state index contributed by atoms with van der Waals surface area (Å²) in [4.78, 5) is 299. The molecule has 0 radical (unpaired) electrons. The number of carbonyl (C=O) groups excluding carboxylic acids is 18. The van der Waals surface area contributed by atoms with Gasteiger partial charge in [0.05, 0.1) is 60.4 Å². The summed E-state index contributed by atoms with van der Waals surface area (Å²) < 4.78 is 0. The third-order valence-corrected chi connectivity index (χ3v) is 24.0. The lowest BCUT2D eigenvalue weighted by Crippen LogP contribution is -2.49. The van der Waals surface area contributed by atoms with Gasteiger partial charge in [-0.15, -0.1) is 11.8 Å². The highest BCUT2D eigenvalue weighted by Crippen LogP contribution is 2.30. The Hall–Kier alpha value is -12.2. The third kappa shape index (κ3) is 56.2. The number of benzene rings is 2. The number of amides is 10. The van der Waals surface area contributed by atoms with Crippen LogP contribution in [-0.4, -0.2) is 270 Å². The van der Waals surface area contributed by atoms with Crippen molar-refractivity contribution in [1.82, 2.24) is 46.7 Å². The SMILES string of the molecule is CC(=O)N(O)CCCCCCC(=O)CCC(=O)N(O)CCCCCNC(=O)CCC(=O)N(O)CCCCCCC(=O)CCN1C(=O)CC(SC[C@H](CC(=O)[C@H](CC(=O)O)NC(=O)[C@H](CC(=O)O)CC(=O)[C@H](CC(=O)O)NC(=O)[C@@H](CC(=O)[C@H](Cc2ccccc2)NC(=O)CCCCCCCCC(=O)CCCCC[C@H](CC(=O)NCCCC(=O)O)C(=O)O)Cc2ccccc2)C(=O)O)C1=O.O=C=O. The lowest BCUT2D eigenvalue weighted by atomic mass is 9.88. The van der Waals surface area contributed by atoms with Crippen molar-refractivity contribution >= 4 is 148 Å². The smallest absolute Gasteiger partial charge is 0.373 e. The van der Waals surface area contributed by atoms with Gasteiger partial charge in [0.25, 0.3) is 0 Å². The summed E-state index contributed by atoms with van der Waals surface area (Å²) in [5, 5.41) is 101.